The molecule has 2 rings (SSSR count). The molecule has 0 aromatic heterocycles. The van der Waals surface area contributed by atoms with Crippen LogP contribution in [0.2, 0.25) is 11.6 Å². The van der Waals surface area contributed by atoms with Crippen LogP contribution in [0.1, 0.15) is 12.8 Å². The molecule has 71 valence electrons. The Bertz CT molecular complexity index is 257. The first-order chi connectivity index (χ1) is 6.86. The van der Waals surface area contributed by atoms with Gasteiger partial charge in [0.25, 0.3) is 0 Å². The van der Waals surface area contributed by atoms with Crippen LogP contribution in [0.5, 0.6) is 0 Å². The third kappa shape index (κ3) is 4.62. The number of hydrogen-bond donors (Lipinski definition) is 0. The van der Waals surface area contributed by atoms with Gasteiger partial charge in [-0.15, -0.1) is 11.6 Å². The smallest absolute Gasteiger partial charge is 0.115 e. The molecule has 0 spiro atoms. The van der Waals surface area contributed by atoms with Gasteiger partial charge in [0.2, 0.25) is 0 Å². The Balaban J connectivity index is 0.000000293. The van der Waals surface area contributed by atoms with E-state index in [4.69, 9.17) is 0 Å². The minimum Gasteiger partial charge on any atom is -0.115 e. The molecule has 0 aromatic carbocycles. The Hall–Kier alpha value is 0.207. The van der Waals surface area contributed by atoms with E-state index in [9.17, 15) is 0 Å². The fourth-order valence-corrected chi connectivity index (χ4v) is 3.18. The molecule has 0 aromatic rings. The van der Waals surface area contributed by atoms with Crippen molar-refractivity contribution in [2.24, 2.45) is 0 Å². The minimum absolute atomic E-state index is 0.0833. The van der Waals surface area contributed by atoms with Crippen LogP contribution < -0.4 is 0 Å². The molecular weight excluding hydrogens is 219 g/mol. The second-order valence-corrected chi connectivity index (χ2v) is 6.90. The van der Waals surface area contributed by atoms with Crippen LogP contribution in [0.15, 0.2) is 44.2 Å². The van der Waals surface area contributed by atoms with Crippen LogP contribution in [-0.4, -0.2) is 15.2 Å². The van der Waals surface area contributed by atoms with Gasteiger partial charge in [-0.25, -0.2) is 0 Å². The molecule has 0 bridgehead atoms. The summed E-state index contributed by atoms with van der Waals surface area (Å²) < 4.78 is 3.36. The van der Waals surface area contributed by atoms with Gasteiger partial charge in [-0.2, -0.15) is 0 Å². The van der Waals surface area contributed by atoms with Crippen LogP contribution in [0.3, 0.4) is 0 Å². The van der Waals surface area contributed by atoms with Gasteiger partial charge in [0.05, 0.1) is 0 Å². The fourth-order valence-electron chi connectivity index (χ4n) is 1.29. The summed E-state index contributed by atoms with van der Waals surface area (Å²) in [7, 11) is 0. The maximum atomic E-state index is 2.29. The Morgan fingerprint density at radius 3 is 1.71 bits per heavy atom. The molecule has 0 heterocycles. The molecule has 2 aliphatic carbocycles. The first-order valence-electron chi connectivity index (χ1n) is 5.09. The Morgan fingerprint density at radius 2 is 1.43 bits per heavy atom. The predicted octanol–water partition coefficient (Wildman–Crippen LogP) is 3.54. The third-order valence-electron chi connectivity index (χ3n) is 1.86. The van der Waals surface area contributed by atoms with Crippen molar-refractivity contribution in [1.82, 2.24) is 0 Å². The van der Waals surface area contributed by atoms with E-state index >= 15 is 0 Å². The summed E-state index contributed by atoms with van der Waals surface area (Å²) in [6.07, 6.45) is 15.9. The second kappa shape index (κ2) is 7.49. The fraction of sp³-hybridized carbons (Fsp3) is 0.333. The summed E-state index contributed by atoms with van der Waals surface area (Å²) in [6.45, 7) is 0. The first-order valence-corrected chi connectivity index (χ1v) is 8.96. The van der Waals surface area contributed by atoms with Crippen LogP contribution >= 0.6 is 0 Å². The number of hydrogen-bond acceptors (Lipinski definition) is 0. The molecule has 0 aliphatic heterocycles. The van der Waals surface area contributed by atoms with E-state index in [1.807, 2.05) is 0 Å². The molecule has 0 N–H and O–H groups in total. The van der Waals surface area contributed by atoms with Gasteiger partial charge < -0.3 is 0 Å². The maximum Gasteiger partial charge on any atom is 0.191 e. The molecule has 2 heteroatoms. The van der Waals surface area contributed by atoms with Gasteiger partial charge >= 0.3 is 76.2 Å². The van der Waals surface area contributed by atoms with Crippen molar-refractivity contribution in [2.75, 3.05) is 0 Å². The molecule has 0 fully saturated rings. The second-order valence-electron chi connectivity index (χ2n) is 3.35. The number of rotatable bonds is 2. The SMILES string of the molecule is C1=CC[C]([Ti][C]2=CC=CC2)=C1.[CH3][Al][CH3]. The van der Waals surface area contributed by atoms with Crippen LogP contribution in [-0.2, 0) is 19.2 Å². The maximum absolute atomic E-state index is 2.29. The number of allylic oxidation sites excluding steroid dienone is 8. The molecule has 0 saturated heterocycles. The van der Waals surface area contributed by atoms with E-state index in [1.165, 1.54) is 12.8 Å². The van der Waals surface area contributed by atoms with Gasteiger partial charge in [-0.1, -0.05) is 0 Å². The van der Waals surface area contributed by atoms with Gasteiger partial charge in [0, 0.05) is 0 Å². The van der Waals surface area contributed by atoms with E-state index in [0.717, 1.165) is 15.2 Å². The van der Waals surface area contributed by atoms with Crippen LogP contribution in [0.4, 0.5) is 0 Å². The van der Waals surface area contributed by atoms with Crippen molar-refractivity contribution >= 4 is 15.2 Å². The summed E-state index contributed by atoms with van der Waals surface area (Å²) in [4.78, 5) is 0. The van der Waals surface area contributed by atoms with E-state index in [-0.39, 0.29) is 19.2 Å². The van der Waals surface area contributed by atoms with Crippen molar-refractivity contribution in [1.29, 1.82) is 0 Å². The molecule has 0 saturated carbocycles. The van der Waals surface area contributed by atoms with Gasteiger partial charge in [0.1, 0.15) is 0 Å². The Kier molecular flexibility index (Phi) is 6.57. The zero-order valence-electron chi connectivity index (χ0n) is 8.96. The summed E-state index contributed by atoms with van der Waals surface area (Å²) in [6, 6.07) is 0. The summed E-state index contributed by atoms with van der Waals surface area (Å²) >= 11 is 0.833. The molecule has 1 radical (unpaired) electrons. The normalized spacial score (nSPS) is 17.0. The molecule has 0 nitrogen and oxygen atoms in total. The van der Waals surface area contributed by atoms with Crippen molar-refractivity contribution in [2.45, 2.75) is 24.4 Å². The zero-order valence-corrected chi connectivity index (χ0v) is 11.7. The monoisotopic (exact) mass is 235 g/mol. The summed E-state index contributed by atoms with van der Waals surface area (Å²) in [5.74, 6) is 4.42. The standard InChI is InChI=1S/2C5H5.2CH3.Al.Ti/c2*1-2-4-5-3-1;;;;/h2*1-3H,4H2;2*1H3;;. The van der Waals surface area contributed by atoms with Gasteiger partial charge in [-0.3, -0.25) is 0 Å². The minimum atomic E-state index is 0.0833. The molecule has 0 atom stereocenters. The zero-order chi connectivity index (χ0) is 10.2. The molecule has 2 aliphatic rings. The summed E-state index contributed by atoms with van der Waals surface area (Å²) in [5.41, 5.74) is 0. The quantitative estimate of drug-likeness (QED) is 0.642. The van der Waals surface area contributed by atoms with Crippen molar-refractivity contribution in [3.63, 3.8) is 0 Å². The van der Waals surface area contributed by atoms with Crippen molar-refractivity contribution < 1.29 is 19.2 Å². The van der Waals surface area contributed by atoms with Crippen molar-refractivity contribution in [3.8, 4) is 0 Å². The molecular formula is C12H16AlTi. The largest absolute Gasteiger partial charge is 0.191 e. The van der Waals surface area contributed by atoms with E-state index in [2.05, 4.69) is 48.0 Å². The average Bonchev–Trinajstić information content (AvgIpc) is 2.79. The van der Waals surface area contributed by atoms with Crippen LogP contribution in [0.25, 0.3) is 0 Å². The molecule has 0 amide bonds. The Morgan fingerprint density at radius 1 is 1.00 bits per heavy atom. The molecule has 14 heavy (non-hydrogen) atoms. The Labute approximate surface area is 102 Å². The first kappa shape index (κ1) is 12.3. The van der Waals surface area contributed by atoms with Gasteiger partial charge in [0.15, 0.2) is 15.2 Å². The average molecular weight is 235 g/mol. The van der Waals surface area contributed by atoms with E-state index < -0.39 is 0 Å². The van der Waals surface area contributed by atoms with E-state index in [1.54, 1.807) is 7.76 Å². The van der Waals surface area contributed by atoms with Crippen LogP contribution in [0, 0.1) is 0 Å². The third-order valence-corrected chi connectivity index (χ3v) is 4.02. The predicted molar refractivity (Wildman–Crippen MR) is 61.2 cm³/mol. The topological polar surface area (TPSA) is 0 Å². The molecule has 0 unspecified atom stereocenters. The van der Waals surface area contributed by atoms with Crippen molar-refractivity contribution in [3.05, 3.63) is 44.2 Å². The summed E-state index contributed by atoms with van der Waals surface area (Å²) in [5, 5.41) is 0. The van der Waals surface area contributed by atoms with Gasteiger partial charge in [-0.05, 0) is 0 Å². The van der Waals surface area contributed by atoms with E-state index in [0.29, 0.717) is 0 Å².